The second kappa shape index (κ2) is 6.44. The number of rotatable bonds is 4. The van der Waals surface area contributed by atoms with Gasteiger partial charge in [0.25, 0.3) is 5.91 Å². The topological polar surface area (TPSA) is 90.9 Å². The van der Waals surface area contributed by atoms with Crippen molar-refractivity contribution in [2.75, 3.05) is 17.6 Å². The maximum atomic E-state index is 11.7. The van der Waals surface area contributed by atoms with Crippen LogP contribution in [0.3, 0.4) is 0 Å². The lowest BCUT2D eigenvalue weighted by molar-refractivity contribution is 0.0956. The highest BCUT2D eigenvalue weighted by atomic mass is 16.1. The van der Waals surface area contributed by atoms with Gasteiger partial charge in [0.2, 0.25) is 0 Å². The summed E-state index contributed by atoms with van der Waals surface area (Å²) >= 11 is 0. The Balaban J connectivity index is 2.26. The third-order valence-corrected chi connectivity index (χ3v) is 2.97. The summed E-state index contributed by atoms with van der Waals surface area (Å²) in [6.45, 7) is 2.42. The minimum atomic E-state index is -0.159. The Kier molecular flexibility index (Phi) is 4.42. The van der Waals surface area contributed by atoms with Gasteiger partial charge in [-0.3, -0.25) is 4.79 Å². The second-order valence-corrected chi connectivity index (χ2v) is 4.44. The van der Waals surface area contributed by atoms with Crippen LogP contribution in [0.4, 0.5) is 17.1 Å². The Bertz CT molecular complexity index is 704. The van der Waals surface area contributed by atoms with Gasteiger partial charge in [0.1, 0.15) is 6.07 Å². The Morgan fingerprint density at radius 3 is 2.67 bits per heavy atom. The standard InChI is InChI=1S/C16H16N4O/c1-2-19-16(21)11-7-8-15(13(18)9-11)20-14-6-4-3-5-12(14)10-17/h3-9,20H,2,18H2,1H3,(H,19,21). The number of hydrogen-bond donors (Lipinski definition) is 3. The van der Waals surface area contributed by atoms with Gasteiger partial charge in [-0.05, 0) is 37.3 Å². The first kappa shape index (κ1) is 14.4. The van der Waals surface area contributed by atoms with Gasteiger partial charge in [-0.15, -0.1) is 0 Å². The number of carbonyl (C=O) groups excluding carboxylic acids is 1. The van der Waals surface area contributed by atoms with Crippen LogP contribution in [-0.2, 0) is 0 Å². The summed E-state index contributed by atoms with van der Waals surface area (Å²) in [6.07, 6.45) is 0. The highest BCUT2D eigenvalue weighted by Gasteiger charge is 2.08. The number of nitriles is 1. The number of nitrogens with zero attached hydrogens (tertiary/aromatic N) is 1. The van der Waals surface area contributed by atoms with Crippen molar-refractivity contribution in [3.05, 3.63) is 53.6 Å². The van der Waals surface area contributed by atoms with Gasteiger partial charge >= 0.3 is 0 Å². The predicted molar refractivity (Wildman–Crippen MR) is 83.3 cm³/mol. The van der Waals surface area contributed by atoms with Crippen molar-refractivity contribution in [2.24, 2.45) is 0 Å². The summed E-state index contributed by atoms with van der Waals surface area (Å²) in [5.41, 5.74) is 8.80. The van der Waals surface area contributed by atoms with E-state index in [2.05, 4.69) is 16.7 Å². The number of carbonyl (C=O) groups is 1. The van der Waals surface area contributed by atoms with Crippen LogP contribution in [0.2, 0.25) is 0 Å². The minimum Gasteiger partial charge on any atom is -0.397 e. The third kappa shape index (κ3) is 3.31. The number of nitrogen functional groups attached to an aromatic ring is 1. The van der Waals surface area contributed by atoms with Crippen LogP contribution in [0.15, 0.2) is 42.5 Å². The van der Waals surface area contributed by atoms with Gasteiger partial charge < -0.3 is 16.4 Å². The minimum absolute atomic E-state index is 0.159. The Labute approximate surface area is 123 Å². The van der Waals surface area contributed by atoms with Gasteiger partial charge in [0.15, 0.2) is 0 Å². The molecule has 0 aliphatic carbocycles. The normalized spacial score (nSPS) is 9.71. The van der Waals surface area contributed by atoms with E-state index in [1.54, 1.807) is 36.4 Å². The molecule has 0 aliphatic heterocycles. The Morgan fingerprint density at radius 2 is 2.00 bits per heavy atom. The van der Waals surface area contributed by atoms with Crippen molar-refractivity contribution in [3.63, 3.8) is 0 Å². The summed E-state index contributed by atoms with van der Waals surface area (Å²) in [6, 6.07) is 14.3. The van der Waals surface area contributed by atoms with E-state index in [0.717, 1.165) is 0 Å². The third-order valence-electron chi connectivity index (χ3n) is 2.97. The molecule has 0 saturated heterocycles. The molecule has 0 aliphatic rings. The number of nitrogens with two attached hydrogens (primary N) is 1. The molecule has 0 spiro atoms. The molecule has 2 rings (SSSR count). The number of para-hydroxylation sites is 1. The largest absolute Gasteiger partial charge is 0.397 e. The average Bonchev–Trinajstić information content (AvgIpc) is 2.50. The highest BCUT2D eigenvalue weighted by Crippen LogP contribution is 2.26. The molecule has 2 aromatic carbocycles. The van der Waals surface area contributed by atoms with Crippen molar-refractivity contribution < 1.29 is 4.79 Å². The zero-order chi connectivity index (χ0) is 15.2. The van der Waals surface area contributed by atoms with Gasteiger partial charge in [-0.2, -0.15) is 5.26 Å². The Hall–Kier alpha value is -3.00. The van der Waals surface area contributed by atoms with E-state index >= 15 is 0 Å². The number of hydrogen-bond acceptors (Lipinski definition) is 4. The van der Waals surface area contributed by atoms with E-state index in [-0.39, 0.29) is 5.91 Å². The number of benzene rings is 2. The van der Waals surface area contributed by atoms with Crippen LogP contribution in [0.25, 0.3) is 0 Å². The maximum Gasteiger partial charge on any atom is 0.251 e. The van der Waals surface area contributed by atoms with E-state index in [1.165, 1.54) is 0 Å². The molecule has 1 amide bonds. The molecule has 5 nitrogen and oxygen atoms in total. The van der Waals surface area contributed by atoms with E-state index in [1.807, 2.05) is 13.0 Å². The molecule has 0 atom stereocenters. The summed E-state index contributed by atoms with van der Waals surface area (Å²) in [7, 11) is 0. The lowest BCUT2D eigenvalue weighted by Crippen LogP contribution is -2.22. The maximum absolute atomic E-state index is 11.7. The molecular weight excluding hydrogens is 264 g/mol. The zero-order valence-corrected chi connectivity index (χ0v) is 11.7. The summed E-state index contributed by atoms with van der Waals surface area (Å²) in [5, 5.41) is 14.9. The molecule has 0 aromatic heterocycles. The first-order chi connectivity index (χ1) is 10.2. The summed E-state index contributed by atoms with van der Waals surface area (Å²) in [4.78, 5) is 11.7. The first-order valence-electron chi connectivity index (χ1n) is 6.59. The fourth-order valence-electron chi connectivity index (χ4n) is 1.92. The van der Waals surface area contributed by atoms with Gasteiger partial charge in [0, 0.05) is 12.1 Å². The van der Waals surface area contributed by atoms with Gasteiger partial charge in [-0.1, -0.05) is 12.1 Å². The number of anilines is 3. The summed E-state index contributed by atoms with van der Waals surface area (Å²) in [5.74, 6) is -0.159. The quantitative estimate of drug-likeness (QED) is 0.751. The molecule has 2 aromatic rings. The van der Waals surface area contributed by atoms with Crippen molar-refractivity contribution >= 4 is 23.0 Å². The molecule has 0 bridgehead atoms. The molecule has 0 saturated carbocycles. The van der Waals surface area contributed by atoms with Gasteiger partial charge in [-0.25, -0.2) is 0 Å². The molecular formula is C16H16N4O. The van der Waals surface area contributed by atoms with E-state index < -0.39 is 0 Å². The molecule has 106 valence electrons. The average molecular weight is 280 g/mol. The molecule has 0 radical (unpaired) electrons. The first-order valence-corrected chi connectivity index (χ1v) is 6.59. The van der Waals surface area contributed by atoms with Gasteiger partial charge in [0.05, 0.1) is 22.6 Å². The summed E-state index contributed by atoms with van der Waals surface area (Å²) < 4.78 is 0. The van der Waals surface area contributed by atoms with Crippen molar-refractivity contribution in [2.45, 2.75) is 6.92 Å². The molecule has 21 heavy (non-hydrogen) atoms. The molecule has 0 fully saturated rings. The lowest BCUT2D eigenvalue weighted by atomic mass is 10.1. The second-order valence-electron chi connectivity index (χ2n) is 4.44. The van der Waals surface area contributed by atoms with E-state index in [9.17, 15) is 4.79 Å². The fraction of sp³-hybridized carbons (Fsp3) is 0.125. The fourth-order valence-corrected chi connectivity index (χ4v) is 1.92. The number of nitrogens with one attached hydrogen (secondary N) is 2. The highest BCUT2D eigenvalue weighted by molar-refractivity contribution is 5.96. The van der Waals surface area contributed by atoms with Crippen molar-refractivity contribution in [1.82, 2.24) is 5.32 Å². The smallest absolute Gasteiger partial charge is 0.251 e. The monoisotopic (exact) mass is 280 g/mol. The van der Waals surface area contributed by atoms with E-state index in [4.69, 9.17) is 11.0 Å². The van der Waals surface area contributed by atoms with Crippen molar-refractivity contribution in [1.29, 1.82) is 5.26 Å². The van der Waals surface area contributed by atoms with Crippen LogP contribution in [-0.4, -0.2) is 12.5 Å². The SMILES string of the molecule is CCNC(=O)c1ccc(Nc2ccccc2C#N)c(N)c1. The molecule has 5 heteroatoms. The number of amides is 1. The Morgan fingerprint density at radius 1 is 1.24 bits per heavy atom. The van der Waals surface area contributed by atoms with E-state index in [0.29, 0.717) is 34.7 Å². The zero-order valence-electron chi connectivity index (χ0n) is 11.7. The molecule has 4 N–H and O–H groups in total. The van der Waals surface area contributed by atoms with Crippen LogP contribution in [0.5, 0.6) is 0 Å². The van der Waals surface area contributed by atoms with Crippen LogP contribution in [0.1, 0.15) is 22.8 Å². The van der Waals surface area contributed by atoms with Crippen LogP contribution in [0, 0.1) is 11.3 Å². The van der Waals surface area contributed by atoms with Crippen LogP contribution >= 0.6 is 0 Å². The van der Waals surface area contributed by atoms with Crippen molar-refractivity contribution in [3.8, 4) is 6.07 Å². The molecule has 0 heterocycles. The predicted octanol–water partition coefficient (Wildman–Crippen LogP) is 2.63. The molecule has 0 unspecified atom stereocenters. The van der Waals surface area contributed by atoms with Crippen LogP contribution < -0.4 is 16.4 Å². The lowest BCUT2D eigenvalue weighted by Gasteiger charge is -2.12.